The number of carbonyl (C=O) groups is 2. The molecule has 2 rings (SSSR count). The number of carbonyl (C=O) groups excluding carboxylic acids is 2. The Morgan fingerprint density at radius 3 is 2.48 bits per heavy atom. The van der Waals surface area contributed by atoms with E-state index in [1.807, 2.05) is 24.3 Å². The maximum atomic E-state index is 13.7. The van der Waals surface area contributed by atoms with Crippen molar-refractivity contribution in [2.75, 3.05) is 12.4 Å². The van der Waals surface area contributed by atoms with Gasteiger partial charge in [0.15, 0.2) is 17.7 Å². The second-order valence-electron chi connectivity index (χ2n) is 6.28. The lowest BCUT2D eigenvalue weighted by Gasteiger charge is -2.18. The SMILES string of the molecule is CC[C@H](C)c1ccccc1NC(=O)[C@@H](C)OC(=O)c1ccc(OC)c(F)c1. The molecule has 0 spiro atoms. The molecule has 0 aromatic heterocycles. The predicted molar refractivity (Wildman–Crippen MR) is 102 cm³/mol. The van der Waals surface area contributed by atoms with E-state index in [0.717, 1.165) is 18.1 Å². The normalized spacial score (nSPS) is 12.8. The van der Waals surface area contributed by atoms with Crippen molar-refractivity contribution in [2.24, 2.45) is 0 Å². The van der Waals surface area contributed by atoms with Gasteiger partial charge in [0.25, 0.3) is 5.91 Å². The first-order chi connectivity index (χ1) is 12.9. The molecule has 0 saturated carbocycles. The van der Waals surface area contributed by atoms with E-state index in [1.165, 1.54) is 26.2 Å². The van der Waals surface area contributed by atoms with Gasteiger partial charge in [-0.05, 0) is 49.1 Å². The maximum absolute atomic E-state index is 13.7. The van der Waals surface area contributed by atoms with Crippen LogP contribution in [0.2, 0.25) is 0 Å². The lowest BCUT2D eigenvalue weighted by molar-refractivity contribution is -0.123. The molecule has 0 saturated heterocycles. The molecule has 0 unspecified atom stereocenters. The first-order valence-corrected chi connectivity index (χ1v) is 8.81. The number of ether oxygens (including phenoxy) is 2. The number of hydrogen-bond donors (Lipinski definition) is 1. The van der Waals surface area contributed by atoms with Gasteiger partial charge in [0.2, 0.25) is 0 Å². The zero-order valence-corrected chi connectivity index (χ0v) is 15.9. The molecule has 0 radical (unpaired) electrons. The van der Waals surface area contributed by atoms with Gasteiger partial charge in [-0.2, -0.15) is 0 Å². The summed E-state index contributed by atoms with van der Waals surface area (Å²) in [6.07, 6.45) is -0.104. The molecule has 0 aliphatic heterocycles. The Hall–Kier alpha value is -2.89. The van der Waals surface area contributed by atoms with Crippen molar-refractivity contribution >= 4 is 17.6 Å². The molecular weight excluding hydrogens is 349 g/mol. The molecule has 5 nitrogen and oxygen atoms in total. The topological polar surface area (TPSA) is 64.6 Å². The molecule has 0 aliphatic carbocycles. The van der Waals surface area contributed by atoms with Gasteiger partial charge in [-0.25, -0.2) is 9.18 Å². The third-order valence-corrected chi connectivity index (χ3v) is 4.40. The quantitative estimate of drug-likeness (QED) is 0.724. The molecule has 0 aliphatic rings. The average molecular weight is 373 g/mol. The summed E-state index contributed by atoms with van der Waals surface area (Å²) in [4.78, 5) is 24.6. The minimum atomic E-state index is -1.03. The zero-order valence-electron chi connectivity index (χ0n) is 15.9. The monoisotopic (exact) mass is 373 g/mol. The molecule has 0 heterocycles. The van der Waals surface area contributed by atoms with Gasteiger partial charge in [0, 0.05) is 5.69 Å². The highest BCUT2D eigenvalue weighted by Gasteiger charge is 2.21. The van der Waals surface area contributed by atoms with Crippen molar-refractivity contribution in [1.29, 1.82) is 0 Å². The van der Waals surface area contributed by atoms with Crippen LogP contribution in [0.25, 0.3) is 0 Å². The Morgan fingerprint density at radius 2 is 1.85 bits per heavy atom. The highest BCUT2D eigenvalue weighted by Crippen LogP contribution is 2.26. The summed E-state index contributed by atoms with van der Waals surface area (Å²) in [7, 11) is 1.33. The van der Waals surface area contributed by atoms with Crippen LogP contribution < -0.4 is 10.1 Å². The molecular formula is C21H24FNO4. The van der Waals surface area contributed by atoms with Crippen molar-refractivity contribution in [3.8, 4) is 5.75 Å². The smallest absolute Gasteiger partial charge is 0.339 e. The number of halogens is 1. The number of nitrogens with one attached hydrogen (secondary N) is 1. The van der Waals surface area contributed by atoms with E-state index < -0.39 is 23.8 Å². The second kappa shape index (κ2) is 9.16. The molecule has 0 bridgehead atoms. The lowest BCUT2D eigenvalue weighted by Crippen LogP contribution is -2.30. The Kier molecular flexibility index (Phi) is 6.93. The number of amides is 1. The Balaban J connectivity index is 2.06. The van der Waals surface area contributed by atoms with Gasteiger partial charge in [-0.15, -0.1) is 0 Å². The first kappa shape index (κ1) is 20.4. The number of para-hydroxylation sites is 1. The van der Waals surface area contributed by atoms with E-state index in [4.69, 9.17) is 9.47 Å². The first-order valence-electron chi connectivity index (χ1n) is 8.81. The number of esters is 1. The van der Waals surface area contributed by atoms with Crippen molar-refractivity contribution in [2.45, 2.75) is 39.2 Å². The third-order valence-electron chi connectivity index (χ3n) is 4.40. The van der Waals surface area contributed by atoms with E-state index in [-0.39, 0.29) is 17.2 Å². The summed E-state index contributed by atoms with van der Waals surface area (Å²) in [6.45, 7) is 5.62. The van der Waals surface area contributed by atoms with Crippen molar-refractivity contribution < 1.29 is 23.5 Å². The largest absolute Gasteiger partial charge is 0.494 e. The van der Waals surface area contributed by atoms with Crippen LogP contribution >= 0.6 is 0 Å². The zero-order chi connectivity index (χ0) is 20.0. The molecule has 1 N–H and O–H groups in total. The summed E-state index contributed by atoms with van der Waals surface area (Å²) >= 11 is 0. The summed E-state index contributed by atoms with van der Waals surface area (Å²) < 4.78 is 23.7. The van der Waals surface area contributed by atoms with E-state index in [1.54, 1.807) is 0 Å². The molecule has 2 aromatic rings. The summed E-state index contributed by atoms with van der Waals surface area (Å²) in [5.41, 5.74) is 1.72. The van der Waals surface area contributed by atoms with E-state index in [0.29, 0.717) is 5.69 Å². The van der Waals surface area contributed by atoms with Gasteiger partial charge in [-0.1, -0.05) is 32.0 Å². The second-order valence-corrected chi connectivity index (χ2v) is 6.28. The fraction of sp³-hybridized carbons (Fsp3) is 0.333. The van der Waals surface area contributed by atoms with Crippen LogP contribution in [0.5, 0.6) is 5.75 Å². The molecule has 144 valence electrons. The minimum absolute atomic E-state index is 0.00737. The van der Waals surface area contributed by atoms with Crippen LogP contribution in [-0.4, -0.2) is 25.1 Å². The van der Waals surface area contributed by atoms with Crippen molar-refractivity contribution in [1.82, 2.24) is 0 Å². The maximum Gasteiger partial charge on any atom is 0.339 e. The van der Waals surface area contributed by atoms with Crippen LogP contribution in [0.4, 0.5) is 10.1 Å². The van der Waals surface area contributed by atoms with Crippen LogP contribution in [0.1, 0.15) is 49.0 Å². The highest BCUT2D eigenvalue weighted by molar-refractivity contribution is 5.97. The fourth-order valence-electron chi connectivity index (χ4n) is 2.57. The van der Waals surface area contributed by atoms with E-state index >= 15 is 0 Å². The molecule has 2 atom stereocenters. The van der Waals surface area contributed by atoms with Gasteiger partial charge in [0.05, 0.1) is 12.7 Å². The standard InChI is InChI=1S/C21H24FNO4/c1-5-13(2)16-8-6-7-9-18(16)23-20(24)14(3)27-21(25)15-10-11-19(26-4)17(22)12-15/h6-14H,5H2,1-4H3,(H,23,24)/t13-,14+/m0/s1. The fourth-order valence-corrected chi connectivity index (χ4v) is 2.57. The number of anilines is 1. The number of benzene rings is 2. The Morgan fingerprint density at radius 1 is 1.15 bits per heavy atom. The highest BCUT2D eigenvalue weighted by atomic mass is 19.1. The Bertz CT molecular complexity index is 822. The van der Waals surface area contributed by atoms with E-state index in [9.17, 15) is 14.0 Å². The summed E-state index contributed by atoms with van der Waals surface area (Å²) in [5.74, 6) is -1.60. The third kappa shape index (κ3) is 5.06. The Labute approximate surface area is 158 Å². The molecule has 27 heavy (non-hydrogen) atoms. The minimum Gasteiger partial charge on any atom is -0.494 e. The summed E-state index contributed by atoms with van der Waals surface area (Å²) in [5, 5.41) is 2.80. The lowest BCUT2D eigenvalue weighted by atomic mass is 9.97. The molecule has 2 aromatic carbocycles. The average Bonchev–Trinajstić information content (AvgIpc) is 2.67. The molecule has 0 fully saturated rings. The van der Waals surface area contributed by atoms with Crippen LogP contribution in [-0.2, 0) is 9.53 Å². The molecule has 1 amide bonds. The van der Waals surface area contributed by atoms with Gasteiger partial charge in [0.1, 0.15) is 0 Å². The van der Waals surface area contributed by atoms with Crippen LogP contribution in [0, 0.1) is 5.82 Å². The number of hydrogen-bond acceptors (Lipinski definition) is 4. The van der Waals surface area contributed by atoms with Crippen molar-refractivity contribution in [3.63, 3.8) is 0 Å². The van der Waals surface area contributed by atoms with Crippen LogP contribution in [0.3, 0.4) is 0 Å². The number of rotatable bonds is 7. The van der Waals surface area contributed by atoms with Gasteiger partial charge < -0.3 is 14.8 Å². The number of methoxy groups -OCH3 is 1. The summed E-state index contributed by atoms with van der Waals surface area (Å²) in [6, 6.07) is 11.3. The molecule has 6 heteroatoms. The van der Waals surface area contributed by atoms with Gasteiger partial charge >= 0.3 is 5.97 Å². The van der Waals surface area contributed by atoms with E-state index in [2.05, 4.69) is 19.2 Å². The van der Waals surface area contributed by atoms with Crippen molar-refractivity contribution in [3.05, 3.63) is 59.4 Å². The predicted octanol–water partition coefficient (Wildman–Crippen LogP) is 4.53. The van der Waals surface area contributed by atoms with Gasteiger partial charge in [-0.3, -0.25) is 4.79 Å². The van der Waals surface area contributed by atoms with Crippen LogP contribution in [0.15, 0.2) is 42.5 Å².